The fraction of sp³-hybridized carbons (Fsp3) is 0.0526. The van der Waals surface area contributed by atoms with E-state index in [4.69, 9.17) is 4.74 Å². The van der Waals surface area contributed by atoms with E-state index in [0.717, 1.165) is 0 Å². The third-order valence-corrected chi connectivity index (χ3v) is 5.36. The van der Waals surface area contributed by atoms with Crippen molar-refractivity contribution in [2.75, 3.05) is 6.61 Å². The summed E-state index contributed by atoms with van der Waals surface area (Å²) in [6.07, 6.45) is 1.25. The minimum absolute atomic E-state index is 0.0725. The number of rotatable bonds is 3. The number of fused-ring (bicyclic) bond motifs is 1. The molecule has 0 radical (unpaired) electrons. The molecule has 0 amide bonds. The van der Waals surface area contributed by atoms with Crippen LogP contribution in [0.3, 0.4) is 0 Å². The van der Waals surface area contributed by atoms with Crippen LogP contribution in [0.25, 0.3) is 0 Å². The zero-order valence-corrected chi connectivity index (χ0v) is 14.4. The molecule has 0 saturated carbocycles. The monoisotopic (exact) mass is 418 g/mol. The summed E-state index contributed by atoms with van der Waals surface area (Å²) in [6.45, 7) is 0.116. The van der Waals surface area contributed by atoms with Crippen molar-refractivity contribution < 1.29 is 14.3 Å². The SMILES string of the molecule is O=C1C=C(OCC#C[Te]c2ccccc2)C(=O)c2ccccc21. The van der Waals surface area contributed by atoms with Gasteiger partial charge >= 0.3 is 144 Å². The molecule has 0 saturated heterocycles. The number of hydrogen-bond acceptors (Lipinski definition) is 3. The summed E-state index contributed by atoms with van der Waals surface area (Å²) in [5.74, 6) is 2.52. The zero-order valence-electron chi connectivity index (χ0n) is 12.1. The van der Waals surface area contributed by atoms with E-state index in [0.29, 0.717) is 11.1 Å². The van der Waals surface area contributed by atoms with Gasteiger partial charge in [-0.05, 0) is 0 Å². The Balaban J connectivity index is 1.62. The third-order valence-electron chi connectivity index (χ3n) is 3.21. The van der Waals surface area contributed by atoms with Crippen molar-refractivity contribution in [2.45, 2.75) is 0 Å². The van der Waals surface area contributed by atoms with Crippen molar-refractivity contribution in [3.05, 3.63) is 77.6 Å². The van der Waals surface area contributed by atoms with E-state index < -0.39 is 20.9 Å². The molecule has 2 aromatic rings. The van der Waals surface area contributed by atoms with Gasteiger partial charge in [-0.2, -0.15) is 0 Å². The molecule has 4 heteroatoms. The van der Waals surface area contributed by atoms with Gasteiger partial charge < -0.3 is 0 Å². The molecule has 0 heterocycles. The standard InChI is InChI=1S/C19H12O3Te/c20-17-13-18(19(21)16-10-5-4-9-15(16)17)22-11-6-12-23-14-7-2-1-3-8-14/h1-5,7-10,13H,11H2. The van der Waals surface area contributed by atoms with Crippen molar-refractivity contribution in [3.8, 4) is 9.89 Å². The van der Waals surface area contributed by atoms with E-state index in [1.807, 2.05) is 18.2 Å². The average molecular weight is 416 g/mol. The van der Waals surface area contributed by atoms with Crippen LogP contribution in [0.5, 0.6) is 0 Å². The molecule has 0 aliphatic heterocycles. The van der Waals surface area contributed by atoms with Crippen molar-refractivity contribution >= 4 is 36.1 Å². The van der Waals surface area contributed by atoms with E-state index in [1.54, 1.807) is 24.3 Å². The first-order valence-corrected chi connectivity index (χ1v) is 9.31. The molecule has 1 aliphatic rings. The van der Waals surface area contributed by atoms with E-state index in [-0.39, 0.29) is 23.9 Å². The normalized spacial score (nSPS) is 12.8. The fourth-order valence-electron chi connectivity index (χ4n) is 2.13. The summed E-state index contributed by atoms with van der Waals surface area (Å²) in [6, 6.07) is 16.8. The first-order valence-electron chi connectivity index (χ1n) is 6.98. The van der Waals surface area contributed by atoms with Crippen LogP contribution in [0.15, 0.2) is 66.4 Å². The number of ether oxygens (including phenoxy) is 1. The fourth-order valence-corrected chi connectivity index (χ4v) is 3.67. The number of carbonyl (C=O) groups excluding carboxylic acids is 2. The Morgan fingerprint density at radius 2 is 1.61 bits per heavy atom. The second-order valence-electron chi connectivity index (χ2n) is 4.73. The molecule has 1 aliphatic carbocycles. The van der Waals surface area contributed by atoms with Gasteiger partial charge in [0.1, 0.15) is 0 Å². The predicted molar refractivity (Wildman–Crippen MR) is 88.7 cm³/mol. The van der Waals surface area contributed by atoms with Crippen LogP contribution in [-0.2, 0) is 4.74 Å². The number of allylic oxidation sites excluding steroid dienone is 2. The summed E-state index contributed by atoms with van der Waals surface area (Å²) in [4.78, 5) is 24.2. The Kier molecular flexibility index (Phi) is 4.93. The van der Waals surface area contributed by atoms with Crippen molar-refractivity contribution in [1.29, 1.82) is 0 Å². The van der Waals surface area contributed by atoms with Crippen molar-refractivity contribution in [2.24, 2.45) is 0 Å². The van der Waals surface area contributed by atoms with Crippen LogP contribution in [0.2, 0.25) is 0 Å². The minimum atomic E-state index is -0.562. The molecule has 2 aromatic carbocycles. The van der Waals surface area contributed by atoms with E-state index in [9.17, 15) is 9.59 Å². The Morgan fingerprint density at radius 3 is 2.39 bits per heavy atom. The summed E-state index contributed by atoms with van der Waals surface area (Å²) in [5.41, 5.74) is 0.813. The molecule has 0 bridgehead atoms. The van der Waals surface area contributed by atoms with Crippen LogP contribution < -0.4 is 3.61 Å². The summed E-state index contributed by atoms with van der Waals surface area (Å²) in [5, 5.41) is 0. The van der Waals surface area contributed by atoms with Crippen LogP contribution in [0.4, 0.5) is 0 Å². The Bertz CT molecular complexity index is 842. The maximum atomic E-state index is 12.3. The second kappa shape index (κ2) is 7.29. The first-order chi connectivity index (χ1) is 11.3. The summed E-state index contributed by atoms with van der Waals surface area (Å²) < 4.78 is 9.77. The van der Waals surface area contributed by atoms with Crippen LogP contribution in [-0.4, -0.2) is 39.1 Å². The predicted octanol–water partition coefficient (Wildman–Crippen LogP) is 1.96. The van der Waals surface area contributed by atoms with Gasteiger partial charge in [0.25, 0.3) is 0 Å². The van der Waals surface area contributed by atoms with Crippen LogP contribution >= 0.6 is 0 Å². The van der Waals surface area contributed by atoms with E-state index >= 15 is 0 Å². The Labute approximate surface area is 144 Å². The number of Topliss-reactive ketones (excluding diaryl/α,β-unsaturated/α-hetero) is 1. The summed E-state index contributed by atoms with van der Waals surface area (Å²) >= 11 is -0.562. The number of ketones is 2. The third kappa shape index (κ3) is 3.71. The number of benzene rings is 2. The molecule has 3 nitrogen and oxygen atoms in total. The van der Waals surface area contributed by atoms with Gasteiger partial charge in [0.2, 0.25) is 0 Å². The topological polar surface area (TPSA) is 43.4 Å². The molecule has 112 valence electrons. The van der Waals surface area contributed by atoms with Crippen molar-refractivity contribution in [3.63, 3.8) is 0 Å². The van der Waals surface area contributed by atoms with Crippen LogP contribution in [0, 0.1) is 9.89 Å². The molecule has 3 rings (SSSR count). The molecule has 0 spiro atoms. The molecular formula is C19H12O3Te. The van der Waals surface area contributed by atoms with Gasteiger partial charge in [0, 0.05) is 0 Å². The first kappa shape index (κ1) is 15.6. The molecule has 0 atom stereocenters. The molecular weight excluding hydrogens is 404 g/mol. The number of carbonyl (C=O) groups is 2. The van der Waals surface area contributed by atoms with Crippen LogP contribution in [0.1, 0.15) is 20.7 Å². The van der Waals surface area contributed by atoms with Gasteiger partial charge in [-0.25, -0.2) is 0 Å². The van der Waals surface area contributed by atoms with Crippen molar-refractivity contribution in [1.82, 2.24) is 0 Å². The van der Waals surface area contributed by atoms with Gasteiger partial charge in [0.05, 0.1) is 0 Å². The van der Waals surface area contributed by atoms with E-state index in [2.05, 4.69) is 22.0 Å². The molecule has 0 fully saturated rings. The molecule has 0 aromatic heterocycles. The Morgan fingerprint density at radius 1 is 0.913 bits per heavy atom. The quantitative estimate of drug-likeness (QED) is 0.568. The molecule has 23 heavy (non-hydrogen) atoms. The Hall–Kier alpha value is -2.33. The molecule has 0 unspecified atom stereocenters. The summed E-state index contributed by atoms with van der Waals surface area (Å²) in [7, 11) is 0. The van der Waals surface area contributed by atoms with Gasteiger partial charge in [-0.3, -0.25) is 0 Å². The molecule has 0 N–H and O–H groups in total. The second-order valence-corrected chi connectivity index (χ2v) is 7.24. The zero-order chi connectivity index (χ0) is 16.1. The maximum absolute atomic E-state index is 12.3. The average Bonchev–Trinajstić information content (AvgIpc) is 2.60. The van der Waals surface area contributed by atoms with Gasteiger partial charge in [-0.15, -0.1) is 0 Å². The van der Waals surface area contributed by atoms with E-state index in [1.165, 1.54) is 9.69 Å². The van der Waals surface area contributed by atoms with Gasteiger partial charge in [0.15, 0.2) is 0 Å². The number of hydrogen-bond donors (Lipinski definition) is 0. The van der Waals surface area contributed by atoms with Gasteiger partial charge in [-0.1, -0.05) is 0 Å².